The van der Waals surface area contributed by atoms with E-state index in [4.69, 9.17) is 28.1 Å². The molecule has 3 heterocycles. The molecule has 13 nitrogen and oxygen atoms in total. The van der Waals surface area contributed by atoms with Crippen LogP contribution in [0.1, 0.15) is 78.7 Å². The van der Waals surface area contributed by atoms with Gasteiger partial charge in [0.05, 0.1) is 16.6 Å². The lowest BCUT2D eigenvalue weighted by molar-refractivity contribution is -0.171. The van der Waals surface area contributed by atoms with Crippen LogP contribution in [0.5, 0.6) is 0 Å². The summed E-state index contributed by atoms with van der Waals surface area (Å²) in [5, 5.41) is -0.0577. The van der Waals surface area contributed by atoms with Gasteiger partial charge < -0.3 is 33.1 Å². The van der Waals surface area contributed by atoms with E-state index in [-0.39, 0.29) is 39.8 Å². The fraction of sp³-hybridized carbons (Fsp3) is 0.595. The molecular weight excluding hydrogens is 769 g/mol. The molecule has 1 aliphatic carbocycles. The van der Waals surface area contributed by atoms with Gasteiger partial charge in [0.2, 0.25) is 0 Å². The summed E-state index contributed by atoms with van der Waals surface area (Å²) in [5.41, 5.74) is 0.249. The first-order chi connectivity index (χ1) is 26.6. The van der Waals surface area contributed by atoms with Crippen LogP contribution in [0.4, 0.5) is 4.79 Å². The molecule has 2 N–H and O–H groups in total. The number of esters is 2. The molecule has 1 aromatic heterocycles. The molecule has 1 aromatic carbocycles. The van der Waals surface area contributed by atoms with Gasteiger partial charge in [0.25, 0.3) is 10.0 Å². The average Bonchev–Trinajstić information content (AvgIpc) is 3.79. The number of aromatic nitrogens is 1. The second kappa shape index (κ2) is 17.2. The van der Waals surface area contributed by atoms with E-state index in [1.807, 2.05) is 37.6 Å². The molecule has 5 rings (SSSR count). The molecule has 314 valence electrons. The van der Waals surface area contributed by atoms with Crippen molar-refractivity contribution in [1.82, 2.24) is 9.71 Å². The Hall–Kier alpha value is -3.76. The summed E-state index contributed by atoms with van der Waals surface area (Å²) in [7, 11) is -4.95. The zero-order valence-corrected chi connectivity index (χ0v) is 36.8. The van der Waals surface area contributed by atoms with Gasteiger partial charge in [-0.15, -0.1) is 0 Å². The maximum absolute atomic E-state index is 13.8. The molecule has 15 heteroatoms. The van der Waals surface area contributed by atoms with Crippen LogP contribution >= 0.6 is 0 Å². The van der Waals surface area contributed by atoms with Crippen LogP contribution in [-0.4, -0.2) is 89.1 Å². The van der Waals surface area contributed by atoms with Gasteiger partial charge >= 0.3 is 18.0 Å². The van der Waals surface area contributed by atoms with Gasteiger partial charge in [-0.05, 0) is 81.6 Å². The van der Waals surface area contributed by atoms with Crippen molar-refractivity contribution >= 4 is 36.4 Å². The van der Waals surface area contributed by atoms with E-state index < -0.39 is 84.5 Å². The lowest BCUT2D eigenvalue weighted by atomic mass is 9.69. The van der Waals surface area contributed by atoms with Gasteiger partial charge in [0.1, 0.15) is 30.1 Å². The van der Waals surface area contributed by atoms with Crippen LogP contribution in [0.25, 0.3) is 0 Å². The molecule has 1 unspecified atom stereocenters. The number of aromatic amines is 1. The summed E-state index contributed by atoms with van der Waals surface area (Å²) in [6, 6.07) is 10.8. The third-order valence-electron chi connectivity index (χ3n) is 12.4. The highest BCUT2D eigenvalue weighted by Gasteiger charge is 2.58. The number of amides is 1. The Morgan fingerprint density at radius 1 is 1.02 bits per heavy atom. The number of fused-ring (bicyclic) bond motifs is 1. The highest BCUT2D eigenvalue weighted by Crippen LogP contribution is 2.53. The van der Waals surface area contributed by atoms with Gasteiger partial charge in [0, 0.05) is 37.0 Å². The van der Waals surface area contributed by atoms with Gasteiger partial charge in [-0.3, -0.25) is 0 Å². The van der Waals surface area contributed by atoms with Crippen molar-refractivity contribution in [2.45, 2.75) is 133 Å². The van der Waals surface area contributed by atoms with Crippen molar-refractivity contribution in [3.05, 3.63) is 78.2 Å². The minimum absolute atomic E-state index is 0.0577. The lowest BCUT2D eigenvalue weighted by Gasteiger charge is -2.43. The summed E-state index contributed by atoms with van der Waals surface area (Å²) < 4.78 is 65.6. The molecule has 0 radical (unpaired) electrons. The molecule has 2 aromatic rings. The molecule has 1 spiro atoms. The Morgan fingerprint density at radius 2 is 1.70 bits per heavy atom. The van der Waals surface area contributed by atoms with Crippen molar-refractivity contribution < 1.29 is 50.9 Å². The van der Waals surface area contributed by atoms with Crippen molar-refractivity contribution in [2.75, 3.05) is 7.11 Å². The smallest absolute Gasteiger partial charge is 0.421 e. The average molecular weight is 829 g/mol. The molecule has 1 amide bonds. The molecule has 1 fully saturated rings. The van der Waals surface area contributed by atoms with E-state index >= 15 is 0 Å². The van der Waals surface area contributed by atoms with Gasteiger partial charge in [-0.25, -0.2) is 27.5 Å². The second-order valence-corrected chi connectivity index (χ2v) is 23.8. The maximum Gasteiger partial charge on any atom is 0.421 e. The zero-order valence-electron chi connectivity index (χ0n) is 34.9. The summed E-state index contributed by atoms with van der Waals surface area (Å²) in [6.07, 6.45) is 2.91. The fourth-order valence-electron chi connectivity index (χ4n) is 7.97. The number of carbonyl (C=O) groups excluding carboxylic acids is 3. The number of rotatable bonds is 12. The van der Waals surface area contributed by atoms with Crippen molar-refractivity contribution in [1.29, 1.82) is 0 Å². The minimum atomic E-state index is -4.20. The molecule has 2 aliphatic heterocycles. The van der Waals surface area contributed by atoms with Crippen LogP contribution in [0, 0.1) is 23.7 Å². The van der Waals surface area contributed by atoms with E-state index in [2.05, 4.69) is 44.9 Å². The SMILES string of the molecule is CO[C@H]1CC2C=C[C@@H]3C[C@]2(O[C@H]3[C@H](OC(=O)c2ccc[nH]2)[C@H](C)[C@H](C)OC(=O)NS(=O)(=O)c2ccccc2)/C(C)=C/[C@@H](C)[C@@H]([C@@H](C)O[Si](C)(C)C(C)(C)C)OC1=O. The number of nitrogens with one attached hydrogen (secondary N) is 2. The second-order valence-electron chi connectivity index (χ2n) is 17.3. The molecule has 1 saturated heterocycles. The largest absolute Gasteiger partial charge is 0.457 e. The number of methoxy groups -OCH3 is 1. The van der Waals surface area contributed by atoms with Crippen molar-refractivity contribution in [2.24, 2.45) is 23.7 Å². The number of hydrogen-bond acceptors (Lipinski definition) is 11. The van der Waals surface area contributed by atoms with E-state index in [1.165, 1.54) is 19.2 Å². The molecule has 3 aliphatic rings. The lowest BCUT2D eigenvalue weighted by Crippen LogP contribution is -2.50. The van der Waals surface area contributed by atoms with E-state index in [1.54, 1.807) is 50.4 Å². The minimum Gasteiger partial charge on any atom is -0.457 e. The highest BCUT2D eigenvalue weighted by atomic mass is 32.2. The fourth-order valence-corrected chi connectivity index (χ4v) is 10.3. The summed E-state index contributed by atoms with van der Waals surface area (Å²) in [5.74, 6) is -2.60. The number of benzene rings is 1. The number of carbonyl (C=O) groups is 3. The first-order valence-corrected chi connectivity index (χ1v) is 24.1. The Balaban J connectivity index is 1.47. The topological polar surface area (TPSA) is 169 Å². The Morgan fingerprint density at radius 3 is 2.32 bits per heavy atom. The molecule has 11 atom stereocenters. The Kier molecular flexibility index (Phi) is 13.4. The van der Waals surface area contributed by atoms with E-state index in [0.29, 0.717) is 6.42 Å². The van der Waals surface area contributed by atoms with Crippen LogP contribution < -0.4 is 4.72 Å². The zero-order chi connectivity index (χ0) is 42.1. The van der Waals surface area contributed by atoms with E-state index in [0.717, 1.165) is 5.57 Å². The summed E-state index contributed by atoms with van der Waals surface area (Å²) in [4.78, 5) is 43.3. The number of cyclic esters (lactones) is 1. The van der Waals surface area contributed by atoms with Crippen LogP contribution in [0.15, 0.2) is 77.4 Å². The monoisotopic (exact) mass is 828 g/mol. The van der Waals surface area contributed by atoms with Crippen LogP contribution in [0.2, 0.25) is 18.1 Å². The third-order valence-corrected chi connectivity index (χ3v) is 18.3. The predicted octanol–water partition coefficient (Wildman–Crippen LogP) is 7.33. The predicted molar refractivity (Wildman–Crippen MR) is 216 cm³/mol. The van der Waals surface area contributed by atoms with Gasteiger partial charge in [-0.2, -0.15) is 0 Å². The normalized spacial score (nSPS) is 29.7. The van der Waals surface area contributed by atoms with E-state index in [9.17, 15) is 22.8 Å². The quantitative estimate of drug-likeness (QED) is 0.0951. The van der Waals surface area contributed by atoms with Crippen molar-refractivity contribution in [3.8, 4) is 0 Å². The first-order valence-electron chi connectivity index (χ1n) is 19.7. The van der Waals surface area contributed by atoms with Gasteiger partial charge in [-0.1, -0.05) is 71.0 Å². The number of ether oxygens (including phenoxy) is 5. The standard InChI is InChI=1S/C42H60N2O11SSi/c1-25-22-26(2)42-24-30(19-20-31(42)23-34(50-9)39(46)52-35(25)29(5)55-57(10,11)41(6,7)8)37(54-42)36(53-38(45)33-18-15-21-43-33)27(3)28(4)51-40(47)44-56(48,49)32-16-13-12-14-17-32/h12-22,25,27-31,34-37,43H,23-24H2,1-11H3,(H,44,47)/b26-22+/t25-,27-,28+,29-,30-,31?,34+,35+,36-,37-,42+/m1/s1. The number of sulfonamides is 1. The summed E-state index contributed by atoms with van der Waals surface area (Å²) in [6.45, 7) is 20.2. The van der Waals surface area contributed by atoms with Gasteiger partial charge in [0.15, 0.2) is 14.4 Å². The number of hydrogen-bond donors (Lipinski definition) is 2. The molecule has 57 heavy (non-hydrogen) atoms. The maximum atomic E-state index is 13.8. The Labute approximate surface area is 338 Å². The van der Waals surface area contributed by atoms with Crippen molar-refractivity contribution in [3.63, 3.8) is 0 Å². The summed E-state index contributed by atoms with van der Waals surface area (Å²) >= 11 is 0. The Bertz CT molecular complexity index is 1910. The molecule has 0 saturated carbocycles. The van der Waals surface area contributed by atoms with Crippen LogP contribution in [-0.2, 0) is 42.9 Å². The van der Waals surface area contributed by atoms with Crippen LogP contribution in [0.3, 0.4) is 0 Å². The third kappa shape index (κ3) is 9.59. The first kappa shape index (κ1) is 44.3. The molecular formula is C42H60N2O11SSi. The number of H-pyrrole nitrogens is 1. The molecule has 2 bridgehead atoms. The highest BCUT2D eigenvalue weighted by molar-refractivity contribution is 7.90.